The van der Waals surface area contributed by atoms with Crippen LogP contribution in [0.5, 0.6) is 0 Å². The highest BCUT2D eigenvalue weighted by Crippen LogP contribution is 2.51. The predicted octanol–water partition coefficient (Wildman–Crippen LogP) is 10.4. The Morgan fingerprint density at radius 3 is 2.10 bits per heavy atom. The topological polar surface area (TPSA) is 89.5 Å². The van der Waals surface area contributed by atoms with Gasteiger partial charge in [-0.05, 0) is 84.6 Å². The molecule has 1 aliphatic heterocycles. The van der Waals surface area contributed by atoms with Crippen molar-refractivity contribution in [3.63, 3.8) is 0 Å². The van der Waals surface area contributed by atoms with Gasteiger partial charge in [0.15, 0.2) is 0 Å². The summed E-state index contributed by atoms with van der Waals surface area (Å²) in [5.41, 5.74) is 6.82. The van der Waals surface area contributed by atoms with Crippen molar-refractivity contribution in [2.45, 2.75) is 64.7 Å². The minimum absolute atomic E-state index is 0.0501. The zero-order valence-electron chi connectivity index (χ0n) is 29.1. The SMILES string of the molecule is C=C(/C=C/C=C1/N(CCC(C)C)c2ccc([N+](=O)[O-])cc2C1(C)Cc1ccccc1)C(C)(Cc1ccccc1)c1cc([N+](=O)[O-])ccc1C. The van der Waals surface area contributed by atoms with Crippen LogP contribution < -0.4 is 4.90 Å². The normalized spacial score (nSPS) is 17.8. The molecule has 0 saturated heterocycles. The van der Waals surface area contributed by atoms with Crippen LogP contribution in [-0.2, 0) is 23.7 Å². The summed E-state index contributed by atoms with van der Waals surface area (Å²) in [6.45, 7) is 16.0. The fourth-order valence-corrected chi connectivity index (χ4v) is 7.12. The number of rotatable bonds is 13. The highest BCUT2D eigenvalue weighted by atomic mass is 16.6. The van der Waals surface area contributed by atoms with Crippen LogP contribution >= 0.6 is 0 Å². The molecule has 7 nitrogen and oxygen atoms in total. The molecule has 0 bridgehead atoms. The lowest BCUT2D eigenvalue weighted by Crippen LogP contribution is -2.31. The van der Waals surface area contributed by atoms with Crippen molar-refractivity contribution >= 4 is 17.1 Å². The van der Waals surface area contributed by atoms with Crippen molar-refractivity contribution in [2.75, 3.05) is 11.4 Å². The number of benzene rings is 4. The van der Waals surface area contributed by atoms with E-state index in [2.05, 4.69) is 69.5 Å². The van der Waals surface area contributed by atoms with Crippen LogP contribution in [0, 0.1) is 33.1 Å². The van der Waals surface area contributed by atoms with Crippen molar-refractivity contribution in [2.24, 2.45) is 5.92 Å². The summed E-state index contributed by atoms with van der Waals surface area (Å²) in [7, 11) is 0. The smallest absolute Gasteiger partial charge is 0.269 e. The van der Waals surface area contributed by atoms with Crippen LogP contribution in [0.15, 0.2) is 133 Å². The molecule has 0 aromatic heterocycles. The van der Waals surface area contributed by atoms with E-state index in [1.807, 2.05) is 67.6 Å². The molecule has 0 N–H and O–H groups in total. The Morgan fingerprint density at radius 2 is 1.49 bits per heavy atom. The Kier molecular flexibility index (Phi) is 10.3. The van der Waals surface area contributed by atoms with Crippen molar-refractivity contribution in [3.8, 4) is 0 Å². The predicted molar refractivity (Wildman–Crippen MR) is 199 cm³/mol. The van der Waals surface area contributed by atoms with Crippen molar-refractivity contribution < 1.29 is 9.85 Å². The Bertz CT molecular complexity index is 1920. The van der Waals surface area contributed by atoms with Crippen LogP contribution in [0.25, 0.3) is 0 Å². The maximum absolute atomic E-state index is 11.9. The monoisotopic (exact) mass is 655 g/mol. The van der Waals surface area contributed by atoms with E-state index in [-0.39, 0.29) is 21.2 Å². The number of non-ortho nitro benzene ring substituents is 2. The number of anilines is 1. The Hall–Kier alpha value is -5.30. The fraction of sp³-hybridized carbons (Fsp3) is 0.286. The van der Waals surface area contributed by atoms with Gasteiger partial charge in [-0.1, -0.05) is 106 Å². The minimum atomic E-state index is -0.642. The molecule has 0 aliphatic carbocycles. The zero-order valence-corrected chi connectivity index (χ0v) is 29.1. The quantitative estimate of drug-likeness (QED) is 0.0812. The summed E-state index contributed by atoms with van der Waals surface area (Å²) >= 11 is 0. The first kappa shape index (κ1) is 35.0. The van der Waals surface area contributed by atoms with Gasteiger partial charge in [0, 0.05) is 53.0 Å². The third-order valence-electron chi connectivity index (χ3n) is 9.95. The lowest BCUT2D eigenvalue weighted by molar-refractivity contribution is -0.385. The van der Waals surface area contributed by atoms with Gasteiger partial charge in [-0.2, -0.15) is 0 Å². The minimum Gasteiger partial charge on any atom is -0.344 e. The molecule has 2 unspecified atom stereocenters. The van der Waals surface area contributed by atoms with Gasteiger partial charge in [0.2, 0.25) is 0 Å². The van der Waals surface area contributed by atoms with E-state index in [1.54, 1.807) is 24.3 Å². The molecule has 4 aromatic carbocycles. The fourth-order valence-electron chi connectivity index (χ4n) is 7.12. The second-order valence-electron chi connectivity index (χ2n) is 14.0. The number of nitrogens with zero attached hydrogens (tertiary/aromatic N) is 3. The number of nitro benzene ring substituents is 2. The van der Waals surface area contributed by atoms with Crippen LogP contribution in [0.2, 0.25) is 0 Å². The number of nitro groups is 2. The van der Waals surface area contributed by atoms with E-state index >= 15 is 0 Å². The first-order valence-corrected chi connectivity index (χ1v) is 16.8. The zero-order chi connectivity index (χ0) is 35.3. The number of aryl methyl sites for hydroxylation is 1. The van der Waals surface area contributed by atoms with Gasteiger partial charge >= 0.3 is 0 Å². The van der Waals surface area contributed by atoms with Crippen LogP contribution in [0.1, 0.15) is 61.9 Å². The van der Waals surface area contributed by atoms with Gasteiger partial charge in [-0.15, -0.1) is 0 Å². The molecule has 252 valence electrons. The lowest BCUT2D eigenvalue weighted by Gasteiger charge is -2.33. The highest BCUT2D eigenvalue weighted by molar-refractivity contribution is 5.73. The van der Waals surface area contributed by atoms with E-state index in [0.717, 1.165) is 57.7 Å². The second kappa shape index (κ2) is 14.4. The lowest BCUT2D eigenvalue weighted by atomic mass is 9.70. The van der Waals surface area contributed by atoms with Crippen LogP contribution in [0.3, 0.4) is 0 Å². The van der Waals surface area contributed by atoms with Crippen molar-refractivity contribution in [1.82, 2.24) is 0 Å². The van der Waals surface area contributed by atoms with Crippen molar-refractivity contribution in [3.05, 3.63) is 181 Å². The molecular formula is C42H45N3O4. The molecule has 0 amide bonds. The third kappa shape index (κ3) is 7.41. The molecule has 0 radical (unpaired) electrons. The van der Waals surface area contributed by atoms with Crippen LogP contribution in [0.4, 0.5) is 17.1 Å². The molecule has 5 rings (SSSR count). The van der Waals surface area contributed by atoms with E-state index in [4.69, 9.17) is 0 Å². The summed E-state index contributed by atoms with van der Waals surface area (Å²) in [5.74, 6) is 0.468. The van der Waals surface area contributed by atoms with Crippen molar-refractivity contribution in [1.29, 1.82) is 0 Å². The number of fused-ring (bicyclic) bond motifs is 1. The first-order valence-electron chi connectivity index (χ1n) is 16.8. The molecule has 4 aromatic rings. The van der Waals surface area contributed by atoms with E-state index in [9.17, 15) is 20.2 Å². The van der Waals surface area contributed by atoms with Crippen LogP contribution in [-0.4, -0.2) is 16.4 Å². The molecule has 1 aliphatic rings. The summed E-state index contributed by atoms with van der Waals surface area (Å²) in [4.78, 5) is 25.4. The summed E-state index contributed by atoms with van der Waals surface area (Å²) in [5, 5.41) is 23.8. The third-order valence-corrected chi connectivity index (χ3v) is 9.95. The van der Waals surface area contributed by atoms with E-state index < -0.39 is 10.8 Å². The number of hydrogen-bond donors (Lipinski definition) is 0. The van der Waals surface area contributed by atoms with Gasteiger partial charge < -0.3 is 4.90 Å². The molecule has 49 heavy (non-hydrogen) atoms. The molecule has 1 heterocycles. The van der Waals surface area contributed by atoms with E-state index in [0.29, 0.717) is 18.8 Å². The largest absolute Gasteiger partial charge is 0.344 e. The van der Waals surface area contributed by atoms with E-state index in [1.165, 1.54) is 0 Å². The molecule has 7 heteroatoms. The number of hydrogen-bond acceptors (Lipinski definition) is 5. The molecule has 2 atom stereocenters. The summed E-state index contributed by atoms with van der Waals surface area (Å²) < 4.78 is 0. The second-order valence-corrected chi connectivity index (χ2v) is 14.0. The first-order chi connectivity index (χ1) is 23.3. The van der Waals surface area contributed by atoms with Gasteiger partial charge in [0.05, 0.1) is 9.85 Å². The number of allylic oxidation sites excluding steroid dienone is 5. The average Bonchev–Trinajstić information content (AvgIpc) is 3.30. The average molecular weight is 656 g/mol. The van der Waals surface area contributed by atoms with Gasteiger partial charge in [0.1, 0.15) is 0 Å². The summed E-state index contributed by atoms with van der Waals surface area (Å²) in [6, 6.07) is 30.6. The molecule has 0 fully saturated rings. The van der Waals surface area contributed by atoms with Gasteiger partial charge in [-0.3, -0.25) is 20.2 Å². The van der Waals surface area contributed by atoms with Gasteiger partial charge in [-0.25, -0.2) is 0 Å². The Morgan fingerprint density at radius 1 is 0.898 bits per heavy atom. The highest BCUT2D eigenvalue weighted by Gasteiger charge is 2.44. The maximum atomic E-state index is 11.9. The molecule has 0 spiro atoms. The molecular weight excluding hydrogens is 610 g/mol. The summed E-state index contributed by atoms with van der Waals surface area (Å²) in [6.07, 6.45) is 8.40. The van der Waals surface area contributed by atoms with Gasteiger partial charge in [0.25, 0.3) is 11.4 Å². The Balaban J connectivity index is 1.62. The molecule has 0 saturated carbocycles. The standard InChI is InChI=1S/C42H45N3O4/c1-30(2)24-25-43-39-23-22-36(45(48)49)27-38(39)42(6,29-34-17-11-8-12-18-34)40(43)19-13-14-32(4)41(5,28-33-15-9-7-10-16-33)37-26-35(44(46)47)21-20-31(37)3/h7-23,26-27,30H,4,24-25,28-29H2,1-3,5-6H3/b14-13+,40-19+. The maximum Gasteiger partial charge on any atom is 0.269 e. The Labute approximate surface area is 289 Å².